The van der Waals surface area contributed by atoms with Crippen LogP contribution in [0.5, 0.6) is 0 Å². The topological polar surface area (TPSA) is 9.23 Å². The second kappa shape index (κ2) is 2.78. The third-order valence-electron chi connectivity index (χ3n) is 2.96. The Morgan fingerprint density at radius 2 is 1.91 bits per heavy atom. The molecule has 0 heterocycles. The summed E-state index contributed by atoms with van der Waals surface area (Å²) in [6, 6.07) is 0. The summed E-state index contributed by atoms with van der Waals surface area (Å²) in [5, 5.41) is 0. The van der Waals surface area contributed by atoms with Crippen molar-refractivity contribution in [3.05, 3.63) is 0 Å². The fraction of sp³-hybridized carbons (Fsp3) is 1.00. The number of ether oxygens (including phenoxy) is 1. The van der Waals surface area contributed by atoms with E-state index in [4.69, 9.17) is 4.74 Å². The highest BCUT2D eigenvalue weighted by molar-refractivity contribution is 4.92. The van der Waals surface area contributed by atoms with Gasteiger partial charge in [-0.15, -0.1) is 0 Å². The normalized spacial score (nSPS) is 42.3. The lowest BCUT2D eigenvalue weighted by molar-refractivity contribution is -0.0140. The quantitative estimate of drug-likeness (QED) is 0.594. The van der Waals surface area contributed by atoms with Gasteiger partial charge in [0.1, 0.15) is 0 Å². The Bertz CT molecular complexity index is 140. The molecule has 1 nitrogen and oxygen atoms in total. The van der Waals surface area contributed by atoms with Crippen LogP contribution >= 0.6 is 0 Å². The number of rotatable bonds is 2. The summed E-state index contributed by atoms with van der Waals surface area (Å²) in [6.07, 6.45) is 6.62. The zero-order valence-electron chi connectivity index (χ0n) is 7.55. The first-order chi connectivity index (χ1) is 5.25. The SMILES string of the molecule is CC(C)OC1CCC2CC2C1. The Morgan fingerprint density at radius 1 is 1.09 bits per heavy atom. The second-order valence-electron chi connectivity index (χ2n) is 4.38. The zero-order chi connectivity index (χ0) is 7.84. The fourth-order valence-electron chi connectivity index (χ4n) is 2.32. The van der Waals surface area contributed by atoms with Gasteiger partial charge in [-0.2, -0.15) is 0 Å². The van der Waals surface area contributed by atoms with Crippen molar-refractivity contribution in [1.29, 1.82) is 0 Å². The molecule has 2 saturated carbocycles. The third-order valence-corrected chi connectivity index (χ3v) is 2.96. The summed E-state index contributed by atoms with van der Waals surface area (Å²) in [5.41, 5.74) is 0. The van der Waals surface area contributed by atoms with Crippen LogP contribution in [-0.4, -0.2) is 12.2 Å². The van der Waals surface area contributed by atoms with Crippen molar-refractivity contribution in [2.75, 3.05) is 0 Å². The molecule has 0 saturated heterocycles. The van der Waals surface area contributed by atoms with E-state index in [1.807, 2.05) is 0 Å². The van der Waals surface area contributed by atoms with E-state index < -0.39 is 0 Å². The molecular weight excluding hydrogens is 136 g/mol. The predicted octanol–water partition coefficient (Wildman–Crippen LogP) is 2.60. The molecule has 0 aromatic rings. The summed E-state index contributed by atoms with van der Waals surface area (Å²) in [6.45, 7) is 4.28. The summed E-state index contributed by atoms with van der Waals surface area (Å²) >= 11 is 0. The second-order valence-corrected chi connectivity index (χ2v) is 4.38. The molecule has 1 heteroatoms. The first-order valence-corrected chi connectivity index (χ1v) is 4.91. The number of hydrogen-bond acceptors (Lipinski definition) is 1. The summed E-state index contributed by atoms with van der Waals surface area (Å²) in [7, 11) is 0. The van der Waals surface area contributed by atoms with Crippen LogP contribution in [0.2, 0.25) is 0 Å². The van der Waals surface area contributed by atoms with Crippen LogP contribution in [-0.2, 0) is 4.74 Å². The van der Waals surface area contributed by atoms with Crippen molar-refractivity contribution in [1.82, 2.24) is 0 Å². The number of hydrogen-bond donors (Lipinski definition) is 0. The fourth-order valence-corrected chi connectivity index (χ4v) is 2.32. The molecule has 0 aromatic heterocycles. The first kappa shape index (κ1) is 7.60. The Morgan fingerprint density at radius 3 is 2.55 bits per heavy atom. The minimum absolute atomic E-state index is 0.426. The highest BCUT2D eigenvalue weighted by Gasteiger charge is 2.42. The van der Waals surface area contributed by atoms with Gasteiger partial charge in [-0.3, -0.25) is 0 Å². The smallest absolute Gasteiger partial charge is 0.0581 e. The Kier molecular flexibility index (Phi) is 1.92. The monoisotopic (exact) mass is 154 g/mol. The van der Waals surface area contributed by atoms with Crippen LogP contribution in [0.3, 0.4) is 0 Å². The molecule has 0 spiro atoms. The van der Waals surface area contributed by atoms with Gasteiger partial charge in [-0.05, 0) is 51.4 Å². The molecule has 0 N–H and O–H groups in total. The van der Waals surface area contributed by atoms with Crippen LogP contribution in [0.1, 0.15) is 39.5 Å². The van der Waals surface area contributed by atoms with Crippen molar-refractivity contribution in [2.45, 2.75) is 51.7 Å². The lowest BCUT2D eigenvalue weighted by Gasteiger charge is -2.23. The molecule has 0 aliphatic heterocycles. The molecule has 2 aliphatic rings. The Hall–Kier alpha value is -0.0400. The van der Waals surface area contributed by atoms with E-state index in [2.05, 4.69) is 13.8 Å². The van der Waals surface area contributed by atoms with E-state index >= 15 is 0 Å². The summed E-state index contributed by atoms with van der Waals surface area (Å²) in [4.78, 5) is 0. The maximum absolute atomic E-state index is 5.79. The highest BCUT2D eigenvalue weighted by Crippen LogP contribution is 2.50. The van der Waals surface area contributed by atoms with Crippen molar-refractivity contribution in [3.8, 4) is 0 Å². The Balaban J connectivity index is 1.76. The lowest BCUT2D eigenvalue weighted by Crippen LogP contribution is -2.21. The van der Waals surface area contributed by atoms with Gasteiger partial charge in [0.15, 0.2) is 0 Å². The molecule has 3 unspecified atom stereocenters. The molecule has 0 amide bonds. The molecule has 11 heavy (non-hydrogen) atoms. The lowest BCUT2D eigenvalue weighted by atomic mass is 9.98. The largest absolute Gasteiger partial charge is 0.376 e. The molecule has 2 aliphatic carbocycles. The average molecular weight is 154 g/mol. The van der Waals surface area contributed by atoms with Gasteiger partial charge in [0.2, 0.25) is 0 Å². The van der Waals surface area contributed by atoms with Gasteiger partial charge in [0, 0.05) is 0 Å². The zero-order valence-corrected chi connectivity index (χ0v) is 7.55. The predicted molar refractivity (Wildman–Crippen MR) is 45.5 cm³/mol. The molecule has 2 rings (SSSR count). The highest BCUT2D eigenvalue weighted by atomic mass is 16.5. The molecule has 2 fully saturated rings. The standard InChI is InChI=1S/C10H18O/c1-7(2)11-10-4-3-8-5-9(8)6-10/h7-10H,3-6H2,1-2H3. The van der Waals surface area contributed by atoms with Crippen LogP contribution in [0.25, 0.3) is 0 Å². The van der Waals surface area contributed by atoms with Crippen LogP contribution in [0.15, 0.2) is 0 Å². The van der Waals surface area contributed by atoms with E-state index in [0.717, 1.165) is 11.8 Å². The molecule has 64 valence electrons. The van der Waals surface area contributed by atoms with E-state index in [-0.39, 0.29) is 0 Å². The third kappa shape index (κ3) is 1.76. The van der Waals surface area contributed by atoms with Crippen molar-refractivity contribution in [2.24, 2.45) is 11.8 Å². The van der Waals surface area contributed by atoms with Crippen molar-refractivity contribution >= 4 is 0 Å². The Labute approximate surface area is 69.1 Å². The average Bonchev–Trinajstić information content (AvgIpc) is 2.63. The van der Waals surface area contributed by atoms with Gasteiger partial charge >= 0.3 is 0 Å². The van der Waals surface area contributed by atoms with Gasteiger partial charge < -0.3 is 4.74 Å². The summed E-state index contributed by atoms with van der Waals surface area (Å²) in [5.74, 6) is 2.15. The van der Waals surface area contributed by atoms with Gasteiger partial charge in [-0.25, -0.2) is 0 Å². The van der Waals surface area contributed by atoms with Crippen LogP contribution < -0.4 is 0 Å². The van der Waals surface area contributed by atoms with E-state index in [1.54, 1.807) is 0 Å². The van der Waals surface area contributed by atoms with Gasteiger partial charge in [-0.1, -0.05) is 0 Å². The van der Waals surface area contributed by atoms with E-state index in [0.29, 0.717) is 12.2 Å². The minimum atomic E-state index is 0.426. The first-order valence-electron chi connectivity index (χ1n) is 4.91. The van der Waals surface area contributed by atoms with Crippen molar-refractivity contribution < 1.29 is 4.74 Å². The van der Waals surface area contributed by atoms with Gasteiger partial charge in [0.25, 0.3) is 0 Å². The van der Waals surface area contributed by atoms with Crippen molar-refractivity contribution in [3.63, 3.8) is 0 Å². The maximum Gasteiger partial charge on any atom is 0.0581 e. The molecule has 0 aromatic carbocycles. The summed E-state index contributed by atoms with van der Waals surface area (Å²) < 4.78 is 5.79. The molecule has 3 atom stereocenters. The van der Waals surface area contributed by atoms with Gasteiger partial charge in [0.05, 0.1) is 12.2 Å². The molecular formula is C10H18O. The molecule has 0 bridgehead atoms. The molecule has 0 radical (unpaired) electrons. The minimum Gasteiger partial charge on any atom is -0.376 e. The van der Waals surface area contributed by atoms with Crippen LogP contribution in [0.4, 0.5) is 0 Å². The maximum atomic E-state index is 5.79. The van der Waals surface area contributed by atoms with Crippen LogP contribution in [0, 0.1) is 11.8 Å². The van der Waals surface area contributed by atoms with E-state index in [9.17, 15) is 0 Å². The van der Waals surface area contributed by atoms with E-state index in [1.165, 1.54) is 25.7 Å². The number of fused-ring (bicyclic) bond motifs is 1.